The minimum Gasteiger partial charge on any atom is -0.456 e. The molecule has 5 nitrogen and oxygen atoms in total. The van der Waals surface area contributed by atoms with E-state index >= 15 is 0 Å². The number of rotatable bonds is 5. The molecule has 0 amide bonds. The van der Waals surface area contributed by atoms with Crippen LogP contribution in [0, 0.1) is 0 Å². The molecule has 3 heterocycles. The maximum Gasteiger partial charge on any atom is 0.169 e. The van der Waals surface area contributed by atoms with Crippen LogP contribution in [0.2, 0.25) is 0 Å². The molecule has 1 unspecified atom stereocenters. The zero-order chi connectivity index (χ0) is 33.0. The fourth-order valence-electron chi connectivity index (χ4n) is 7.42. The summed E-state index contributed by atoms with van der Waals surface area (Å²) in [5.74, 6) is 2.49. The molecule has 0 spiro atoms. The van der Waals surface area contributed by atoms with Gasteiger partial charge in [-0.2, -0.15) is 0 Å². The second kappa shape index (κ2) is 11.6. The standard InChI is InChI=1S/C45H31N3O2/c1-3-11-28(12-4-1)30-15-9-16-31(25-30)43-46-44(32-21-23-36-35-17-7-8-19-38(35)49-40(36)26-32)48-45(47-43)33-22-24-37-41(27-33)50-39-20-10-18-34(42(37)39)29-13-5-2-6-14-29/h1-21,23,25-27,44H,22,24H2,(H,46,47,48). The maximum absolute atomic E-state index is 6.54. The highest BCUT2D eigenvalue weighted by atomic mass is 16.3. The molecule has 2 aromatic heterocycles. The van der Waals surface area contributed by atoms with Crippen molar-refractivity contribution < 1.29 is 8.83 Å². The van der Waals surface area contributed by atoms with Crippen LogP contribution in [-0.4, -0.2) is 11.7 Å². The first kappa shape index (κ1) is 28.5. The molecule has 1 aliphatic carbocycles. The minimum absolute atomic E-state index is 0.457. The van der Waals surface area contributed by atoms with Crippen molar-refractivity contribution in [2.45, 2.75) is 19.0 Å². The van der Waals surface area contributed by atoms with Crippen LogP contribution in [0.5, 0.6) is 0 Å². The van der Waals surface area contributed by atoms with E-state index in [2.05, 4.69) is 133 Å². The molecule has 8 aromatic rings. The van der Waals surface area contributed by atoms with E-state index in [9.17, 15) is 0 Å². The molecule has 1 N–H and O–H groups in total. The molecule has 1 atom stereocenters. The zero-order valence-electron chi connectivity index (χ0n) is 27.1. The minimum atomic E-state index is -0.457. The van der Waals surface area contributed by atoms with Crippen molar-refractivity contribution in [3.05, 3.63) is 174 Å². The topological polar surface area (TPSA) is 63.0 Å². The lowest BCUT2D eigenvalue weighted by atomic mass is 9.91. The summed E-state index contributed by atoms with van der Waals surface area (Å²) in [6.07, 6.45) is 3.39. The molecule has 2 aliphatic rings. The lowest BCUT2D eigenvalue weighted by Crippen LogP contribution is -2.37. The van der Waals surface area contributed by atoms with Gasteiger partial charge in [0.1, 0.15) is 34.2 Å². The lowest BCUT2D eigenvalue weighted by Gasteiger charge is -2.25. The number of benzene rings is 6. The quantitative estimate of drug-likeness (QED) is 0.203. The number of aryl methyl sites for hydroxylation is 1. The summed E-state index contributed by atoms with van der Waals surface area (Å²) in [6, 6.07) is 50.4. The van der Waals surface area contributed by atoms with Gasteiger partial charge in [-0.3, -0.25) is 0 Å². The third kappa shape index (κ3) is 4.86. The molecule has 238 valence electrons. The van der Waals surface area contributed by atoms with Gasteiger partial charge in [0.15, 0.2) is 6.17 Å². The molecular formula is C45H31N3O2. The highest BCUT2D eigenvalue weighted by molar-refractivity contribution is 6.18. The number of fused-ring (bicyclic) bond motifs is 6. The second-order valence-corrected chi connectivity index (χ2v) is 12.9. The van der Waals surface area contributed by atoms with Gasteiger partial charge in [0.2, 0.25) is 0 Å². The summed E-state index contributed by atoms with van der Waals surface area (Å²) in [5.41, 5.74) is 11.6. The van der Waals surface area contributed by atoms with Crippen LogP contribution in [-0.2, 0) is 6.42 Å². The van der Waals surface area contributed by atoms with E-state index in [0.29, 0.717) is 0 Å². The zero-order valence-corrected chi connectivity index (χ0v) is 27.1. The average molecular weight is 646 g/mol. The summed E-state index contributed by atoms with van der Waals surface area (Å²) in [6.45, 7) is 0. The first-order valence-electron chi connectivity index (χ1n) is 17.1. The van der Waals surface area contributed by atoms with Gasteiger partial charge >= 0.3 is 0 Å². The Morgan fingerprint density at radius 2 is 1.22 bits per heavy atom. The van der Waals surface area contributed by atoms with Crippen molar-refractivity contribution in [1.29, 1.82) is 0 Å². The summed E-state index contributed by atoms with van der Waals surface area (Å²) < 4.78 is 12.8. The Morgan fingerprint density at radius 1 is 0.520 bits per heavy atom. The summed E-state index contributed by atoms with van der Waals surface area (Å²) >= 11 is 0. The highest BCUT2D eigenvalue weighted by Gasteiger charge is 2.27. The lowest BCUT2D eigenvalue weighted by molar-refractivity contribution is 0.594. The molecule has 0 bridgehead atoms. The molecule has 6 aromatic carbocycles. The molecule has 0 saturated carbocycles. The predicted molar refractivity (Wildman–Crippen MR) is 203 cm³/mol. The third-order valence-electron chi connectivity index (χ3n) is 9.87. The number of nitrogens with zero attached hydrogens (tertiary/aromatic N) is 2. The Labute approximate surface area is 288 Å². The number of para-hydroxylation sites is 1. The van der Waals surface area contributed by atoms with Crippen molar-refractivity contribution in [2.24, 2.45) is 9.98 Å². The number of nitrogens with one attached hydrogen (secondary N) is 1. The molecule has 0 radical (unpaired) electrons. The SMILES string of the molecule is C1=C(C2=NC(c3ccc4c(c3)oc3ccccc34)N=C(c3cccc(-c4ccccc4)c3)N2)CCc2c1oc1cccc(-c3ccccc3)c21. The van der Waals surface area contributed by atoms with Crippen molar-refractivity contribution in [3.63, 3.8) is 0 Å². The average Bonchev–Trinajstić information content (AvgIpc) is 3.76. The first-order valence-corrected chi connectivity index (χ1v) is 17.1. The molecule has 0 saturated heterocycles. The Hall–Kier alpha value is -6.46. The Balaban J connectivity index is 1.08. The van der Waals surface area contributed by atoms with E-state index in [-0.39, 0.29) is 0 Å². The van der Waals surface area contributed by atoms with Crippen LogP contribution in [0.15, 0.2) is 170 Å². The van der Waals surface area contributed by atoms with Gasteiger partial charge in [0, 0.05) is 32.8 Å². The Bertz CT molecular complexity index is 2680. The van der Waals surface area contributed by atoms with Gasteiger partial charge < -0.3 is 14.2 Å². The van der Waals surface area contributed by atoms with Gasteiger partial charge in [-0.05, 0) is 71.0 Å². The van der Waals surface area contributed by atoms with Crippen molar-refractivity contribution in [3.8, 4) is 22.3 Å². The molecule has 10 rings (SSSR count). The largest absolute Gasteiger partial charge is 0.456 e. The monoisotopic (exact) mass is 645 g/mol. The van der Waals surface area contributed by atoms with Gasteiger partial charge in [0.25, 0.3) is 0 Å². The highest BCUT2D eigenvalue weighted by Crippen LogP contribution is 2.40. The van der Waals surface area contributed by atoms with Gasteiger partial charge in [-0.25, -0.2) is 9.98 Å². The van der Waals surface area contributed by atoms with E-state index in [0.717, 1.165) is 85.6 Å². The van der Waals surface area contributed by atoms with E-state index in [4.69, 9.17) is 18.8 Å². The maximum atomic E-state index is 6.54. The van der Waals surface area contributed by atoms with E-state index < -0.39 is 6.17 Å². The molecule has 1 aliphatic heterocycles. The fraction of sp³-hybridized carbons (Fsp3) is 0.0667. The normalized spacial score (nSPS) is 15.8. The number of hydrogen-bond donors (Lipinski definition) is 1. The third-order valence-corrected chi connectivity index (χ3v) is 9.87. The van der Waals surface area contributed by atoms with Gasteiger partial charge in [0.05, 0.1) is 0 Å². The van der Waals surface area contributed by atoms with Crippen molar-refractivity contribution in [1.82, 2.24) is 5.32 Å². The van der Waals surface area contributed by atoms with E-state index in [1.807, 2.05) is 24.3 Å². The van der Waals surface area contributed by atoms with E-state index in [1.165, 1.54) is 22.1 Å². The Morgan fingerprint density at radius 3 is 2.10 bits per heavy atom. The van der Waals surface area contributed by atoms with Crippen LogP contribution in [0.1, 0.15) is 35.0 Å². The van der Waals surface area contributed by atoms with Gasteiger partial charge in [-0.1, -0.05) is 121 Å². The molecular weight excluding hydrogens is 615 g/mol. The van der Waals surface area contributed by atoms with E-state index in [1.54, 1.807) is 0 Å². The molecule has 5 heteroatoms. The van der Waals surface area contributed by atoms with Crippen LogP contribution in [0.3, 0.4) is 0 Å². The predicted octanol–water partition coefficient (Wildman–Crippen LogP) is 11.1. The van der Waals surface area contributed by atoms with Crippen LogP contribution < -0.4 is 5.32 Å². The number of amidine groups is 2. The number of furan rings is 2. The van der Waals surface area contributed by atoms with Crippen molar-refractivity contribution >= 4 is 50.7 Å². The summed E-state index contributed by atoms with van der Waals surface area (Å²) in [7, 11) is 0. The fourth-order valence-corrected chi connectivity index (χ4v) is 7.42. The van der Waals surface area contributed by atoms with Crippen molar-refractivity contribution in [2.75, 3.05) is 0 Å². The molecule has 50 heavy (non-hydrogen) atoms. The first-order chi connectivity index (χ1) is 24.7. The second-order valence-electron chi connectivity index (χ2n) is 12.9. The smallest absolute Gasteiger partial charge is 0.169 e. The van der Waals surface area contributed by atoms with Crippen LogP contribution >= 0.6 is 0 Å². The van der Waals surface area contributed by atoms with Crippen LogP contribution in [0.4, 0.5) is 0 Å². The number of aliphatic imine (C=N–C) groups is 2. The summed E-state index contributed by atoms with van der Waals surface area (Å²) in [5, 5.41) is 7.03. The van der Waals surface area contributed by atoms with Gasteiger partial charge in [-0.15, -0.1) is 0 Å². The van der Waals surface area contributed by atoms with Crippen LogP contribution in [0.25, 0.3) is 61.2 Å². The Kier molecular flexibility index (Phi) is 6.62. The summed E-state index contributed by atoms with van der Waals surface area (Å²) in [4.78, 5) is 10.5. The molecule has 0 fully saturated rings. The number of hydrogen-bond acceptors (Lipinski definition) is 5.